The van der Waals surface area contributed by atoms with E-state index in [1.165, 1.54) is 18.4 Å². The maximum absolute atomic E-state index is 5.76. The largest absolute Gasteiger partial charge is 0.494 e. The van der Waals surface area contributed by atoms with E-state index in [2.05, 4.69) is 48.3 Å². The van der Waals surface area contributed by atoms with E-state index in [4.69, 9.17) is 4.74 Å². The van der Waals surface area contributed by atoms with Gasteiger partial charge in [0.25, 0.3) is 0 Å². The molecule has 0 unspecified atom stereocenters. The SMILES string of the molecule is CCCCc1ccc(N=Nc2ccc(OCCCCN(C)C)cc2)cc1. The number of hydrogen-bond donors (Lipinski definition) is 0. The first-order chi connectivity index (χ1) is 12.7. The molecule has 2 aromatic rings. The van der Waals surface area contributed by atoms with Crippen molar-refractivity contribution in [3.8, 4) is 5.75 Å². The summed E-state index contributed by atoms with van der Waals surface area (Å²) in [6.45, 7) is 4.06. The van der Waals surface area contributed by atoms with Crippen molar-refractivity contribution in [2.45, 2.75) is 39.0 Å². The zero-order valence-electron chi connectivity index (χ0n) is 16.3. The van der Waals surface area contributed by atoms with Crippen LogP contribution in [0.5, 0.6) is 5.75 Å². The first-order valence-corrected chi connectivity index (χ1v) is 9.55. The molecular weight excluding hydrogens is 322 g/mol. The highest BCUT2D eigenvalue weighted by atomic mass is 16.5. The lowest BCUT2D eigenvalue weighted by atomic mass is 10.1. The summed E-state index contributed by atoms with van der Waals surface area (Å²) >= 11 is 0. The molecule has 2 rings (SSSR count). The molecule has 0 fully saturated rings. The highest BCUT2D eigenvalue weighted by molar-refractivity contribution is 5.43. The zero-order chi connectivity index (χ0) is 18.6. The van der Waals surface area contributed by atoms with E-state index in [0.717, 1.165) is 49.5 Å². The minimum atomic E-state index is 0.749. The molecule has 26 heavy (non-hydrogen) atoms. The van der Waals surface area contributed by atoms with Gasteiger partial charge in [-0.2, -0.15) is 10.2 Å². The summed E-state index contributed by atoms with van der Waals surface area (Å²) < 4.78 is 5.76. The number of azo groups is 1. The predicted molar refractivity (Wildman–Crippen MR) is 109 cm³/mol. The summed E-state index contributed by atoms with van der Waals surface area (Å²) in [5.41, 5.74) is 3.07. The van der Waals surface area contributed by atoms with Crippen molar-refractivity contribution in [2.75, 3.05) is 27.2 Å². The van der Waals surface area contributed by atoms with Crippen LogP contribution in [0.2, 0.25) is 0 Å². The van der Waals surface area contributed by atoms with Crippen molar-refractivity contribution < 1.29 is 4.74 Å². The number of unbranched alkanes of at least 4 members (excludes halogenated alkanes) is 2. The van der Waals surface area contributed by atoms with Gasteiger partial charge >= 0.3 is 0 Å². The molecule has 0 atom stereocenters. The predicted octanol–water partition coefficient (Wildman–Crippen LogP) is 6.17. The Balaban J connectivity index is 1.78. The second-order valence-electron chi connectivity index (χ2n) is 6.82. The quantitative estimate of drug-likeness (QED) is 0.358. The van der Waals surface area contributed by atoms with Gasteiger partial charge < -0.3 is 9.64 Å². The second-order valence-corrected chi connectivity index (χ2v) is 6.82. The molecule has 0 spiro atoms. The Morgan fingerprint density at radius 1 is 0.808 bits per heavy atom. The number of nitrogens with zero attached hydrogens (tertiary/aromatic N) is 3. The minimum absolute atomic E-state index is 0.749. The highest BCUT2D eigenvalue weighted by Crippen LogP contribution is 2.22. The summed E-state index contributed by atoms with van der Waals surface area (Å²) in [7, 11) is 4.18. The van der Waals surface area contributed by atoms with Gasteiger partial charge in [0.15, 0.2) is 0 Å². The van der Waals surface area contributed by atoms with Crippen LogP contribution < -0.4 is 4.74 Å². The summed E-state index contributed by atoms with van der Waals surface area (Å²) in [6, 6.07) is 16.1. The van der Waals surface area contributed by atoms with Gasteiger partial charge in [-0.25, -0.2) is 0 Å². The van der Waals surface area contributed by atoms with Crippen molar-refractivity contribution in [2.24, 2.45) is 10.2 Å². The average Bonchev–Trinajstić information content (AvgIpc) is 2.66. The molecule has 4 nitrogen and oxygen atoms in total. The van der Waals surface area contributed by atoms with E-state index >= 15 is 0 Å². The van der Waals surface area contributed by atoms with Gasteiger partial charge in [0, 0.05) is 0 Å². The molecule has 0 heterocycles. The molecule has 0 bridgehead atoms. The van der Waals surface area contributed by atoms with E-state index in [0.29, 0.717) is 0 Å². The van der Waals surface area contributed by atoms with Crippen molar-refractivity contribution in [3.05, 3.63) is 54.1 Å². The van der Waals surface area contributed by atoms with E-state index in [9.17, 15) is 0 Å². The molecule has 4 heteroatoms. The normalized spacial score (nSPS) is 11.4. The van der Waals surface area contributed by atoms with Gasteiger partial charge in [0.05, 0.1) is 18.0 Å². The third kappa shape index (κ3) is 7.79. The maximum Gasteiger partial charge on any atom is 0.119 e. The molecule has 0 aliphatic rings. The first-order valence-electron chi connectivity index (χ1n) is 9.55. The average molecular weight is 354 g/mol. The molecule has 140 valence electrons. The van der Waals surface area contributed by atoms with Crippen LogP contribution in [-0.2, 0) is 6.42 Å². The van der Waals surface area contributed by atoms with Crippen LogP contribution >= 0.6 is 0 Å². The fourth-order valence-electron chi connectivity index (χ4n) is 2.55. The van der Waals surface area contributed by atoms with Crippen LogP contribution in [0.25, 0.3) is 0 Å². The lowest BCUT2D eigenvalue weighted by Gasteiger charge is -2.09. The third-order valence-corrected chi connectivity index (χ3v) is 4.14. The number of rotatable bonds is 11. The highest BCUT2D eigenvalue weighted by Gasteiger charge is 1.97. The van der Waals surface area contributed by atoms with E-state index in [-0.39, 0.29) is 0 Å². The molecule has 0 saturated carbocycles. The number of benzene rings is 2. The van der Waals surface area contributed by atoms with Crippen molar-refractivity contribution in [3.63, 3.8) is 0 Å². The van der Waals surface area contributed by atoms with E-state index < -0.39 is 0 Å². The third-order valence-electron chi connectivity index (χ3n) is 4.14. The number of hydrogen-bond acceptors (Lipinski definition) is 4. The van der Waals surface area contributed by atoms with Gasteiger partial charge in [0.1, 0.15) is 5.75 Å². The minimum Gasteiger partial charge on any atom is -0.494 e. The van der Waals surface area contributed by atoms with Crippen molar-refractivity contribution in [1.29, 1.82) is 0 Å². The van der Waals surface area contributed by atoms with Crippen LogP contribution in [-0.4, -0.2) is 32.1 Å². The molecule has 2 aromatic carbocycles. The van der Waals surface area contributed by atoms with Crippen LogP contribution in [0.1, 0.15) is 38.2 Å². The zero-order valence-corrected chi connectivity index (χ0v) is 16.3. The Labute approximate surface area is 157 Å². The standard InChI is InChI=1S/C22H31N3O/c1-4-5-8-19-9-11-20(12-10-19)23-24-21-13-15-22(16-14-21)26-18-7-6-17-25(2)3/h9-16H,4-8,17-18H2,1-3H3. The van der Waals surface area contributed by atoms with E-state index in [1.807, 2.05) is 36.4 Å². The fourth-order valence-corrected chi connectivity index (χ4v) is 2.55. The number of ether oxygens (including phenoxy) is 1. The summed E-state index contributed by atoms with van der Waals surface area (Å²) in [4.78, 5) is 2.19. The fraction of sp³-hybridized carbons (Fsp3) is 0.455. The Kier molecular flexibility index (Phi) is 8.84. The molecule has 0 radical (unpaired) electrons. The summed E-state index contributed by atoms with van der Waals surface area (Å²) in [6.07, 6.45) is 5.79. The van der Waals surface area contributed by atoms with Gasteiger partial charge in [-0.3, -0.25) is 0 Å². The van der Waals surface area contributed by atoms with Crippen molar-refractivity contribution in [1.82, 2.24) is 4.90 Å². The summed E-state index contributed by atoms with van der Waals surface area (Å²) in [5, 5.41) is 8.61. The molecule has 0 amide bonds. The van der Waals surface area contributed by atoms with Gasteiger partial charge in [-0.1, -0.05) is 25.5 Å². The summed E-state index contributed by atoms with van der Waals surface area (Å²) in [5.74, 6) is 0.883. The lowest BCUT2D eigenvalue weighted by Crippen LogP contribution is -2.13. The lowest BCUT2D eigenvalue weighted by molar-refractivity contribution is 0.293. The first kappa shape index (κ1) is 20.1. The van der Waals surface area contributed by atoms with Gasteiger partial charge in [-0.05, 0) is 88.3 Å². The van der Waals surface area contributed by atoms with Crippen LogP contribution in [0.3, 0.4) is 0 Å². The maximum atomic E-state index is 5.76. The van der Waals surface area contributed by atoms with Gasteiger partial charge in [-0.15, -0.1) is 0 Å². The molecular formula is C22H31N3O. The van der Waals surface area contributed by atoms with E-state index in [1.54, 1.807) is 0 Å². The molecule has 0 N–H and O–H groups in total. The topological polar surface area (TPSA) is 37.2 Å². The Morgan fingerprint density at radius 2 is 1.42 bits per heavy atom. The Bertz CT molecular complexity index is 648. The molecule has 0 saturated heterocycles. The number of aryl methyl sites for hydroxylation is 1. The molecule has 0 aromatic heterocycles. The molecule has 0 aliphatic carbocycles. The smallest absolute Gasteiger partial charge is 0.119 e. The van der Waals surface area contributed by atoms with Crippen LogP contribution in [0.15, 0.2) is 58.8 Å². The van der Waals surface area contributed by atoms with Crippen LogP contribution in [0.4, 0.5) is 11.4 Å². The Morgan fingerprint density at radius 3 is 2.00 bits per heavy atom. The second kappa shape index (κ2) is 11.4. The molecule has 0 aliphatic heterocycles. The Hall–Kier alpha value is -2.20. The van der Waals surface area contributed by atoms with Gasteiger partial charge in [0.2, 0.25) is 0 Å². The van der Waals surface area contributed by atoms with Crippen LogP contribution in [0, 0.1) is 0 Å². The monoisotopic (exact) mass is 353 g/mol. The van der Waals surface area contributed by atoms with Crippen molar-refractivity contribution >= 4 is 11.4 Å².